The van der Waals surface area contributed by atoms with Crippen LogP contribution in [0.3, 0.4) is 0 Å². The highest BCUT2D eigenvalue weighted by Crippen LogP contribution is 2.28. The summed E-state index contributed by atoms with van der Waals surface area (Å²) in [6, 6.07) is 10.1. The Labute approximate surface area is 178 Å². The van der Waals surface area contributed by atoms with Gasteiger partial charge in [-0.15, -0.1) is 0 Å². The van der Waals surface area contributed by atoms with Crippen LogP contribution in [0.4, 0.5) is 0 Å². The maximum Gasteiger partial charge on any atom is 0.262 e. The number of nitrogens with one attached hydrogen (secondary N) is 1. The van der Waals surface area contributed by atoms with Gasteiger partial charge in [0.15, 0.2) is 0 Å². The van der Waals surface area contributed by atoms with E-state index in [-0.39, 0.29) is 17.5 Å². The van der Waals surface area contributed by atoms with E-state index in [1.165, 1.54) is 6.42 Å². The molecule has 3 rings (SSSR count). The van der Waals surface area contributed by atoms with E-state index in [4.69, 9.17) is 11.6 Å². The average Bonchev–Trinajstić information content (AvgIpc) is 2.97. The molecule has 2 aromatic rings. The van der Waals surface area contributed by atoms with Crippen LogP contribution in [0.1, 0.15) is 55.1 Å². The zero-order valence-electron chi connectivity index (χ0n) is 17.6. The minimum atomic E-state index is -0.282. The first-order valence-corrected chi connectivity index (χ1v) is 10.6. The van der Waals surface area contributed by atoms with E-state index < -0.39 is 0 Å². The smallest absolute Gasteiger partial charge is 0.262 e. The van der Waals surface area contributed by atoms with Crippen LogP contribution in [-0.2, 0) is 4.79 Å². The number of rotatable bonds is 4. The SMILES string of the molecule is Cc1c(Cl)cccc1-n1c(C)cc(/C=C(\C#N)C(=O)N[C@@H]2CCCC[C@H]2C)c1C. The minimum Gasteiger partial charge on any atom is -0.348 e. The van der Waals surface area contributed by atoms with Crippen LogP contribution in [0.2, 0.25) is 5.02 Å². The molecule has 5 heteroatoms. The van der Waals surface area contributed by atoms with Gasteiger partial charge in [-0.05, 0) is 74.9 Å². The molecule has 1 aliphatic carbocycles. The normalized spacial score (nSPS) is 19.7. The van der Waals surface area contributed by atoms with Crippen molar-refractivity contribution < 1.29 is 4.79 Å². The van der Waals surface area contributed by atoms with Gasteiger partial charge in [-0.2, -0.15) is 5.26 Å². The van der Waals surface area contributed by atoms with Gasteiger partial charge in [0.25, 0.3) is 5.91 Å². The molecule has 0 radical (unpaired) electrons. The summed E-state index contributed by atoms with van der Waals surface area (Å²) in [4.78, 5) is 12.7. The van der Waals surface area contributed by atoms with Gasteiger partial charge >= 0.3 is 0 Å². The zero-order chi connectivity index (χ0) is 21.1. The number of hydrogen-bond donors (Lipinski definition) is 1. The summed E-state index contributed by atoms with van der Waals surface area (Å²) in [6.45, 7) is 8.17. The Morgan fingerprint density at radius 1 is 1.28 bits per heavy atom. The van der Waals surface area contributed by atoms with Crippen molar-refractivity contribution in [3.63, 3.8) is 0 Å². The molecular formula is C24H28ClN3O. The summed E-state index contributed by atoms with van der Waals surface area (Å²) in [5, 5.41) is 13.4. The number of hydrogen-bond acceptors (Lipinski definition) is 2. The number of benzene rings is 1. The number of aryl methyl sites for hydroxylation is 1. The highest BCUT2D eigenvalue weighted by Gasteiger charge is 2.24. The highest BCUT2D eigenvalue weighted by molar-refractivity contribution is 6.31. The summed E-state index contributed by atoms with van der Waals surface area (Å²) < 4.78 is 2.11. The monoisotopic (exact) mass is 409 g/mol. The first-order valence-electron chi connectivity index (χ1n) is 10.2. The molecule has 4 nitrogen and oxygen atoms in total. The summed E-state index contributed by atoms with van der Waals surface area (Å²) >= 11 is 6.31. The molecule has 1 amide bonds. The van der Waals surface area contributed by atoms with Crippen LogP contribution in [0.15, 0.2) is 29.8 Å². The van der Waals surface area contributed by atoms with Crippen LogP contribution in [0.5, 0.6) is 0 Å². The molecule has 1 aliphatic rings. The molecule has 0 aliphatic heterocycles. The van der Waals surface area contributed by atoms with E-state index in [0.29, 0.717) is 10.9 Å². The van der Waals surface area contributed by atoms with Crippen molar-refractivity contribution >= 4 is 23.6 Å². The van der Waals surface area contributed by atoms with Crippen molar-refractivity contribution in [3.8, 4) is 11.8 Å². The van der Waals surface area contributed by atoms with Gasteiger partial charge in [-0.1, -0.05) is 37.4 Å². The molecule has 152 valence electrons. The summed E-state index contributed by atoms with van der Waals surface area (Å²) in [6.07, 6.45) is 6.14. The van der Waals surface area contributed by atoms with Crippen LogP contribution >= 0.6 is 11.6 Å². The Morgan fingerprint density at radius 2 is 2.00 bits per heavy atom. The number of amides is 1. The molecule has 0 spiro atoms. The topological polar surface area (TPSA) is 57.8 Å². The maximum atomic E-state index is 12.7. The van der Waals surface area contributed by atoms with Crippen molar-refractivity contribution in [2.24, 2.45) is 5.92 Å². The fourth-order valence-corrected chi connectivity index (χ4v) is 4.39. The number of aromatic nitrogens is 1. The highest BCUT2D eigenvalue weighted by atomic mass is 35.5. The minimum absolute atomic E-state index is 0.144. The lowest BCUT2D eigenvalue weighted by Gasteiger charge is -2.29. The van der Waals surface area contributed by atoms with Gasteiger partial charge in [0.05, 0.1) is 0 Å². The summed E-state index contributed by atoms with van der Waals surface area (Å²) in [7, 11) is 0. The van der Waals surface area contributed by atoms with E-state index >= 15 is 0 Å². The van der Waals surface area contributed by atoms with Crippen LogP contribution < -0.4 is 5.32 Å². The van der Waals surface area contributed by atoms with Crippen molar-refractivity contribution in [3.05, 3.63) is 57.4 Å². The van der Waals surface area contributed by atoms with E-state index in [1.54, 1.807) is 6.08 Å². The molecule has 1 fully saturated rings. The Bertz CT molecular complexity index is 996. The molecule has 1 heterocycles. The zero-order valence-corrected chi connectivity index (χ0v) is 18.3. The van der Waals surface area contributed by atoms with E-state index in [1.807, 2.05) is 45.0 Å². The van der Waals surface area contributed by atoms with Gasteiger partial charge in [-0.3, -0.25) is 4.79 Å². The lowest BCUT2D eigenvalue weighted by molar-refractivity contribution is -0.118. The fourth-order valence-electron chi connectivity index (χ4n) is 4.22. The third-order valence-corrected chi connectivity index (χ3v) is 6.45. The molecule has 0 saturated heterocycles. The number of carbonyl (C=O) groups excluding carboxylic acids is 1. The maximum absolute atomic E-state index is 12.7. The molecule has 0 unspecified atom stereocenters. The van der Waals surface area contributed by atoms with Gasteiger partial charge in [0.2, 0.25) is 0 Å². The van der Waals surface area contributed by atoms with Crippen molar-refractivity contribution in [2.75, 3.05) is 0 Å². The van der Waals surface area contributed by atoms with Gasteiger partial charge in [0, 0.05) is 28.1 Å². The standard InChI is InChI=1S/C24H28ClN3O/c1-15-8-5-6-10-22(15)27-24(29)20(14-26)13-19-12-16(2)28(18(19)4)23-11-7-9-21(25)17(23)3/h7,9,11-13,15,22H,5-6,8,10H2,1-4H3,(H,27,29)/b20-13+/t15-,22-/m1/s1. The molecule has 2 atom stereocenters. The van der Waals surface area contributed by atoms with Gasteiger partial charge in [0.1, 0.15) is 11.6 Å². The molecule has 29 heavy (non-hydrogen) atoms. The van der Waals surface area contributed by atoms with Crippen molar-refractivity contribution in [1.29, 1.82) is 5.26 Å². The van der Waals surface area contributed by atoms with Gasteiger partial charge in [-0.25, -0.2) is 0 Å². The molecule has 1 saturated carbocycles. The Morgan fingerprint density at radius 3 is 2.69 bits per heavy atom. The second-order valence-electron chi connectivity index (χ2n) is 8.06. The van der Waals surface area contributed by atoms with Gasteiger partial charge < -0.3 is 9.88 Å². The first-order chi connectivity index (χ1) is 13.8. The number of carbonyl (C=O) groups is 1. The van der Waals surface area contributed by atoms with E-state index in [2.05, 4.69) is 22.9 Å². The predicted molar refractivity (Wildman–Crippen MR) is 118 cm³/mol. The fraction of sp³-hybridized carbons (Fsp3) is 0.417. The van der Waals surface area contributed by atoms with E-state index in [9.17, 15) is 10.1 Å². The summed E-state index contributed by atoms with van der Waals surface area (Å²) in [5.74, 6) is 0.165. The third kappa shape index (κ3) is 4.41. The first kappa shape index (κ1) is 21.2. The molecular weight excluding hydrogens is 382 g/mol. The largest absolute Gasteiger partial charge is 0.348 e. The molecule has 0 bridgehead atoms. The predicted octanol–water partition coefficient (Wildman–Crippen LogP) is 5.66. The van der Waals surface area contributed by atoms with E-state index in [0.717, 1.165) is 47.5 Å². The van der Waals surface area contributed by atoms with Crippen LogP contribution in [-0.4, -0.2) is 16.5 Å². The second-order valence-corrected chi connectivity index (χ2v) is 8.46. The Balaban J connectivity index is 1.92. The quantitative estimate of drug-likeness (QED) is 0.523. The molecule has 1 aromatic heterocycles. The number of nitriles is 1. The molecule has 1 N–H and O–H groups in total. The average molecular weight is 410 g/mol. The van der Waals surface area contributed by atoms with Crippen molar-refractivity contribution in [1.82, 2.24) is 9.88 Å². The lowest BCUT2D eigenvalue weighted by Crippen LogP contribution is -2.41. The third-order valence-electron chi connectivity index (χ3n) is 6.04. The number of nitrogens with zero attached hydrogens (tertiary/aromatic N) is 2. The Hall–Kier alpha value is -2.51. The number of halogens is 1. The second kappa shape index (κ2) is 8.88. The van der Waals surface area contributed by atoms with Crippen LogP contribution in [0, 0.1) is 38.0 Å². The van der Waals surface area contributed by atoms with Crippen molar-refractivity contribution in [2.45, 2.75) is 59.4 Å². The lowest BCUT2D eigenvalue weighted by atomic mass is 9.86. The van der Waals surface area contributed by atoms with Crippen LogP contribution in [0.25, 0.3) is 11.8 Å². The molecule has 1 aromatic carbocycles. The Kier molecular flexibility index (Phi) is 6.49. The summed E-state index contributed by atoms with van der Waals surface area (Å²) in [5.41, 5.74) is 5.01.